The Labute approximate surface area is 141 Å². The summed E-state index contributed by atoms with van der Waals surface area (Å²) < 4.78 is 0.806. The van der Waals surface area contributed by atoms with Gasteiger partial charge >= 0.3 is 0 Å². The number of H-pyrrole nitrogens is 1. The van der Waals surface area contributed by atoms with Gasteiger partial charge in [0.2, 0.25) is 0 Å². The molecule has 0 aliphatic rings. The van der Waals surface area contributed by atoms with E-state index in [2.05, 4.69) is 36.4 Å². The van der Waals surface area contributed by atoms with E-state index in [0.29, 0.717) is 16.9 Å². The Balaban J connectivity index is 1.89. The summed E-state index contributed by atoms with van der Waals surface area (Å²) in [5, 5.41) is 10.4. The van der Waals surface area contributed by atoms with Crippen LogP contribution in [0.3, 0.4) is 0 Å². The fourth-order valence-electron chi connectivity index (χ4n) is 2.33. The van der Waals surface area contributed by atoms with Gasteiger partial charge in [-0.3, -0.25) is 9.89 Å². The van der Waals surface area contributed by atoms with Gasteiger partial charge in [0.05, 0.1) is 17.3 Å². The van der Waals surface area contributed by atoms with Crippen molar-refractivity contribution in [3.8, 4) is 0 Å². The van der Waals surface area contributed by atoms with Crippen molar-refractivity contribution in [3.63, 3.8) is 0 Å². The number of anilines is 1. The van der Waals surface area contributed by atoms with E-state index in [-0.39, 0.29) is 5.91 Å². The molecule has 0 unspecified atom stereocenters. The van der Waals surface area contributed by atoms with E-state index in [1.54, 1.807) is 30.6 Å². The first kappa shape index (κ1) is 15.6. The van der Waals surface area contributed by atoms with Gasteiger partial charge in [0.25, 0.3) is 5.91 Å². The van der Waals surface area contributed by atoms with Crippen molar-refractivity contribution in [2.75, 3.05) is 5.32 Å². The lowest BCUT2D eigenvalue weighted by atomic mass is 9.94. The summed E-state index contributed by atoms with van der Waals surface area (Å²) >= 11 is 3.49. The van der Waals surface area contributed by atoms with E-state index >= 15 is 0 Å². The predicted octanol–water partition coefficient (Wildman–Crippen LogP) is 3.17. The maximum absolute atomic E-state index is 12.5. The minimum atomic E-state index is -0.484. The van der Waals surface area contributed by atoms with E-state index in [4.69, 9.17) is 5.73 Å². The third-order valence-electron chi connectivity index (χ3n) is 3.53. The van der Waals surface area contributed by atoms with Gasteiger partial charge in [0, 0.05) is 21.8 Å². The highest BCUT2D eigenvalue weighted by molar-refractivity contribution is 9.10. The van der Waals surface area contributed by atoms with Gasteiger partial charge in [-0.15, -0.1) is 0 Å². The number of nitrogens with zero attached hydrogens (tertiary/aromatic N) is 2. The number of pyridine rings is 1. The lowest BCUT2D eigenvalue weighted by Gasteiger charge is -2.21. The number of hydrogen-bond acceptors (Lipinski definition) is 4. The summed E-state index contributed by atoms with van der Waals surface area (Å²) in [6.07, 6.45) is 3.25. The Morgan fingerprint density at radius 3 is 2.83 bits per heavy atom. The number of fused-ring (bicyclic) bond motifs is 1. The molecule has 1 aromatic carbocycles. The quantitative estimate of drug-likeness (QED) is 0.656. The number of benzene rings is 1. The van der Waals surface area contributed by atoms with Crippen molar-refractivity contribution >= 4 is 38.6 Å². The first-order valence-electron chi connectivity index (χ1n) is 7.04. The molecule has 2 aromatic heterocycles. The zero-order chi connectivity index (χ0) is 16.6. The number of aromatic amines is 1. The number of rotatable bonds is 3. The summed E-state index contributed by atoms with van der Waals surface area (Å²) in [5.74, 6) is -0.208. The molecule has 0 saturated carbocycles. The number of hydrogen-bond donors (Lipinski definition) is 3. The van der Waals surface area contributed by atoms with Gasteiger partial charge in [-0.25, -0.2) is 4.98 Å². The molecule has 0 radical (unpaired) electrons. The van der Waals surface area contributed by atoms with Crippen LogP contribution in [0.2, 0.25) is 0 Å². The lowest BCUT2D eigenvalue weighted by molar-refractivity contribution is 0.102. The van der Waals surface area contributed by atoms with Crippen LogP contribution in [0.1, 0.15) is 29.8 Å². The second-order valence-electron chi connectivity index (χ2n) is 5.86. The number of amides is 1. The molecule has 23 heavy (non-hydrogen) atoms. The second-order valence-corrected chi connectivity index (χ2v) is 6.72. The zero-order valence-electron chi connectivity index (χ0n) is 12.7. The van der Waals surface area contributed by atoms with Gasteiger partial charge in [0.1, 0.15) is 0 Å². The van der Waals surface area contributed by atoms with Gasteiger partial charge < -0.3 is 11.1 Å². The Bertz CT molecular complexity index is 882. The van der Waals surface area contributed by atoms with Crippen LogP contribution in [-0.4, -0.2) is 21.1 Å². The molecule has 4 N–H and O–H groups in total. The van der Waals surface area contributed by atoms with Crippen LogP contribution in [0.15, 0.2) is 41.1 Å². The molecule has 2 heterocycles. The largest absolute Gasteiger partial charge is 0.322 e. The van der Waals surface area contributed by atoms with Gasteiger partial charge in [-0.1, -0.05) is 22.0 Å². The van der Waals surface area contributed by atoms with Gasteiger partial charge in [0.15, 0.2) is 5.65 Å². The van der Waals surface area contributed by atoms with E-state index in [0.717, 1.165) is 15.4 Å². The normalized spacial score (nSPS) is 11.7. The average molecular weight is 374 g/mol. The van der Waals surface area contributed by atoms with Gasteiger partial charge in [-0.2, -0.15) is 5.10 Å². The fraction of sp³-hybridized carbons (Fsp3) is 0.188. The summed E-state index contributed by atoms with van der Waals surface area (Å²) in [6.45, 7) is 3.83. The van der Waals surface area contributed by atoms with Crippen LogP contribution in [0.25, 0.3) is 11.0 Å². The Morgan fingerprint density at radius 1 is 1.35 bits per heavy atom. The van der Waals surface area contributed by atoms with E-state index in [1.807, 2.05) is 19.9 Å². The van der Waals surface area contributed by atoms with Crippen molar-refractivity contribution < 1.29 is 4.79 Å². The molecule has 0 bridgehead atoms. The summed E-state index contributed by atoms with van der Waals surface area (Å²) in [7, 11) is 0. The summed E-state index contributed by atoms with van der Waals surface area (Å²) in [4.78, 5) is 16.6. The Kier molecular flexibility index (Phi) is 3.91. The molecule has 1 amide bonds. The number of carbonyl (C=O) groups is 1. The topological polar surface area (TPSA) is 96.7 Å². The maximum Gasteiger partial charge on any atom is 0.255 e. The van der Waals surface area contributed by atoms with Crippen LogP contribution in [-0.2, 0) is 5.54 Å². The standard InChI is InChI=1S/C16H16BrN5O/c1-16(2,18)11-4-3-9(7-12(11)17)15(23)21-13-5-6-19-14-10(13)8-20-22-14/h3-8H,18H2,1-2H3,(H2,19,20,21,22,23). The van der Waals surface area contributed by atoms with Crippen molar-refractivity contribution in [2.24, 2.45) is 5.73 Å². The minimum Gasteiger partial charge on any atom is -0.322 e. The molecule has 3 aromatic rings. The summed E-state index contributed by atoms with van der Waals surface area (Å²) in [6, 6.07) is 7.13. The van der Waals surface area contributed by atoms with Crippen molar-refractivity contribution in [2.45, 2.75) is 19.4 Å². The molecular formula is C16H16BrN5O. The van der Waals surface area contributed by atoms with Crippen molar-refractivity contribution in [3.05, 3.63) is 52.3 Å². The first-order valence-corrected chi connectivity index (χ1v) is 7.84. The zero-order valence-corrected chi connectivity index (χ0v) is 14.3. The third-order valence-corrected chi connectivity index (χ3v) is 4.18. The Hall–Kier alpha value is -2.25. The third kappa shape index (κ3) is 3.11. The van der Waals surface area contributed by atoms with Crippen LogP contribution >= 0.6 is 15.9 Å². The molecule has 7 heteroatoms. The van der Waals surface area contributed by atoms with Crippen LogP contribution in [0.5, 0.6) is 0 Å². The average Bonchev–Trinajstić information content (AvgIpc) is 2.95. The molecule has 0 spiro atoms. The Morgan fingerprint density at radius 2 is 2.13 bits per heavy atom. The van der Waals surface area contributed by atoms with Crippen LogP contribution < -0.4 is 11.1 Å². The molecule has 0 aliphatic heterocycles. The van der Waals surface area contributed by atoms with Crippen LogP contribution in [0, 0.1) is 0 Å². The monoisotopic (exact) mass is 373 g/mol. The first-order chi connectivity index (χ1) is 10.9. The molecule has 118 valence electrons. The molecular weight excluding hydrogens is 358 g/mol. The number of halogens is 1. The summed E-state index contributed by atoms with van der Waals surface area (Å²) in [5.41, 5.74) is 8.39. The number of nitrogens with one attached hydrogen (secondary N) is 2. The molecule has 0 atom stereocenters. The fourth-order valence-corrected chi connectivity index (χ4v) is 3.22. The molecule has 0 aliphatic carbocycles. The number of carbonyl (C=O) groups excluding carboxylic acids is 1. The molecule has 6 nitrogen and oxygen atoms in total. The number of aromatic nitrogens is 3. The second kappa shape index (κ2) is 5.75. The van der Waals surface area contributed by atoms with E-state index < -0.39 is 5.54 Å². The van der Waals surface area contributed by atoms with Crippen molar-refractivity contribution in [1.82, 2.24) is 15.2 Å². The highest BCUT2D eigenvalue weighted by atomic mass is 79.9. The highest BCUT2D eigenvalue weighted by Gasteiger charge is 2.19. The van der Waals surface area contributed by atoms with Crippen LogP contribution in [0.4, 0.5) is 5.69 Å². The maximum atomic E-state index is 12.5. The molecule has 0 saturated heterocycles. The lowest BCUT2D eigenvalue weighted by Crippen LogP contribution is -2.29. The molecule has 3 rings (SSSR count). The minimum absolute atomic E-state index is 0.208. The number of nitrogens with two attached hydrogens (primary N) is 1. The van der Waals surface area contributed by atoms with E-state index in [9.17, 15) is 4.79 Å². The van der Waals surface area contributed by atoms with Crippen molar-refractivity contribution in [1.29, 1.82) is 0 Å². The molecule has 0 fully saturated rings. The predicted molar refractivity (Wildman–Crippen MR) is 93.2 cm³/mol. The highest BCUT2D eigenvalue weighted by Crippen LogP contribution is 2.28. The smallest absolute Gasteiger partial charge is 0.255 e. The van der Waals surface area contributed by atoms with E-state index in [1.165, 1.54) is 0 Å². The SMILES string of the molecule is CC(C)(N)c1ccc(C(=O)Nc2ccnc3[nH]ncc23)cc1Br. The van der Waals surface area contributed by atoms with Gasteiger partial charge in [-0.05, 0) is 37.6 Å².